The average Bonchev–Trinajstić information content (AvgIpc) is 2.74. The van der Waals surface area contributed by atoms with Crippen molar-refractivity contribution in [1.29, 1.82) is 0 Å². The van der Waals surface area contributed by atoms with Crippen molar-refractivity contribution in [3.8, 4) is 0 Å². The number of rotatable bonds is 4. The van der Waals surface area contributed by atoms with Gasteiger partial charge in [-0.1, -0.05) is 17.7 Å². The molecule has 0 bridgehead atoms. The van der Waals surface area contributed by atoms with Crippen LogP contribution in [0.4, 0.5) is 0 Å². The lowest BCUT2D eigenvalue weighted by atomic mass is 9.94. The van der Waals surface area contributed by atoms with Crippen molar-refractivity contribution in [2.75, 3.05) is 0 Å². The second-order valence-corrected chi connectivity index (χ2v) is 5.02. The van der Waals surface area contributed by atoms with Crippen molar-refractivity contribution in [2.24, 2.45) is 0 Å². The Morgan fingerprint density at radius 3 is 2.42 bits per heavy atom. The fourth-order valence-electron chi connectivity index (χ4n) is 2.70. The zero-order valence-electron chi connectivity index (χ0n) is 12.0. The third-order valence-corrected chi connectivity index (χ3v) is 3.44. The first kappa shape index (κ1) is 13.7. The van der Waals surface area contributed by atoms with Crippen molar-refractivity contribution in [3.05, 3.63) is 46.5 Å². The van der Waals surface area contributed by atoms with Gasteiger partial charge in [-0.2, -0.15) is 5.10 Å². The zero-order valence-corrected chi connectivity index (χ0v) is 12.0. The van der Waals surface area contributed by atoms with E-state index in [2.05, 4.69) is 29.1 Å². The first-order valence-electron chi connectivity index (χ1n) is 6.65. The molecule has 1 unspecified atom stereocenters. The van der Waals surface area contributed by atoms with Crippen LogP contribution in [-0.2, 0) is 13.0 Å². The first-order chi connectivity index (χ1) is 9.02. The second-order valence-electron chi connectivity index (χ2n) is 5.02. The summed E-state index contributed by atoms with van der Waals surface area (Å²) in [4.78, 5) is 4.22. The van der Waals surface area contributed by atoms with Gasteiger partial charge >= 0.3 is 0 Å². The van der Waals surface area contributed by atoms with Gasteiger partial charge in [-0.25, -0.2) is 4.98 Å². The number of aryl methyl sites for hydroxylation is 4. The van der Waals surface area contributed by atoms with Crippen LogP contribution in [0.5, 0.6) is 0 Å². The highest BCUT2D eigenvalue weighted by Gasteiger charge is 2.17. The summed E-state index contributed by atoms with van der Waals surface area (Å²) in [6.45, 7) is 8.96. The third kappa shape index (κ3) is 2.84. The van der Waals surface area contributed by atoms with Gasteiger partial charge < -0.3 is 5.11 Å². The predicted octanol–water partition coefficient (Wildman–Crippen LogP) is 2.50. The Morgan fingerprint density at radius 1 is 1.21 bits per heavy atom. The van der Waals surface area contributed by atoms with Crippen LogP contribution in [-0.4, -0.2) is 19.9 Å². The van der Waals surface area contributed by atoms with Gasteiger partial charge in [0, 0.05) is 13.0 Å². The molecule has 19 heavy (non-hydrogen) atoms. The van der Waals surface area contributed by atoms with Gasteiger partial charge in [0.1, 0.15) is 12.2 Å². The molecular weight excluding hydrogens is 238 g/mol. The molecule has 0 saturated carbocycles. The highest BCUT2D eigenvalue weighted by Crippen LogP contribution is 2.25. The van der Waals surface area contributed by atoms with E-state index < -0.39 is 6.10 Å². The molecule has 0 aliphatic carbocycles. The average molecular weight is 259 g/mol. The topological polar surface area (TPSA) is 50.9 Å². The number of nitrogens with zero attached hydrogens (tertiary/aromatic N) is 3. The fourth-order valence-corrected chi connectivity index (χ4v) is 2.70. The molecule has 0 amide bonds. The van der Waals surface area contributed by atoms with Gasteiger partial charge in [-0.15, -0.1) is 0 Å². The Kier molecular flexibility index (Phi) is 4.00. The fraction of sp³-hybridized carbons (Fsp3) is 0.467. The van der Waals surface area contributed by atoms with Crippen molar-refractivity contribution in [3.63, 3.8) is 0 Å². The summed E-state index contributed by atoms with van der Waals surface area (Å²) < 4.78 is 1.82. The van der Waals surface area contributed by atoms with Gasteiger partial charge in [0.25, 0.3) is 0 Å². The Hall–Kier alpha value is -1.68. The minimum atomic E-state index is -0.532. The van der Waals surface area contributed by atoms with Crippen molar-refractivity contribution >= 4 is 0 Å². The highest BCUT2D eigenvalue weighted by atomic mass is 16.3. The number of benzene rings is 1. The summed E-state index contributed by atoms with van der Waals surface area (Å²) in [5.74, 6) is 0.828. The van der Waals surface area contributed by atoms with E-state index in [0.29, 0.717) is 6.42 Å². The summed E-state index contributed by atoms with van der Waals surface area (Å²) in [6.07, 6.45) is 1.51. The molecule has 0 radical (unpaired) electrons. The SMILES string of the molecule is CCn1ncnc1CC(O)c1c(C)cc(C)cc1C. The Balaban J connectivity index is 2.28. The van der Waals surface area contributed by atoms with Gasteiger partial charge in [-0.3, -0.25) is 4.68 Å². The molecule has 4 heteroatoms. The maximum absolute atomic E-state index is 10.5. The first-order valence-corrected chi connectivity index (χ1v) is 6.65. The smallest absolute Gasteiger partial charge is 0.138 e. The Labute approximate surface area is 114 Å². The van der Waals surface area contributed by atoms with Crippen LogP contribution in [0, 0.1) is 20.8 Å². The molecular formula is C15H21N3O. The van der Waals surface area contributed by atoms with Crippen LogP contribution >= 0.6 is 0 Å². The van der Waals surface area contributed by atoms with Crippen molar-refractivity contribution in [2.45, 2.75) is 46.8 Å². The molecule has 1 aromatic heterocycles. The maximum atomic E-state index is 10.5. The Morgan fingerprint density at radius 2 is 1.84 bits per heavy atom. The number of hydrogen-bond acceptors (Lipinski definition) is 3. The van der Waals surface area contributed by atoms with Crippen molar-refractivity contribution in [1.82, 2.24) is 14.8 Å². The van der Waals surface area contributed by atoms with Crippen LogP contribution in [0.15, 0.2) is 18.5 Å². The largest absolute Gasteiger partial charge is 0.388 e. The zero-order chi connectivity index (χ0) is 14.0. The van der Waals surface area contributed by atoms with E-state index in [1.165, 1.54) is 5.56 Å². The van der Waals surface area contributed by atoms with Crippen LogP contribution in [0.2, 0.25) is 0 Å². The summed E-state index contributed by atoms with van der Waals surface area (Å²) in [6, 6.07) is 4.21. The van der Waals surface area contributed by atoms with Gasteiger partial charge in [0.2, 0.25) is 0 Å². The molecule has 0 aliphatic heterocycles. The Bertz CT molecular complexity index is 552. The number of aliphatic hydroxyl groups excluding tert-OH is 1. The van der Waals surface area contributed by atoms with Gasteiger partial charge in [0.15, 0.2) is 0 Å². The van der Waals surface area contributed by atoms with Crippen LogP contribution < -0.4 is 0 Å². The summed E-state index contributed by atoms with van der Waals surface area (Å²) in [5, 5.41) is 14.6. The van der Waals surface area contributed by atoms with Gasteiger partial charge in [-0.05, 0) is 44.4 Å². The lowest BCUT2D eigenvalue weighted by molar-refractivity contribution is 0.172. The molecule has 4 nitrogen and oxygen atoms in total. The van der Waals surface area contributed by atoms with E-state index in [-0.39, 0.29) is 0 Å². The molecule has 0 saturated heterocycles. The normalized spacial score (nSPS) is 12.7. The molecule has 0 fully saturated rings. The molecule has 0 aliphatic rings. The van der Waals surface area contributed by atoms with Crippen LogP contribution in [0.3, 0.4) is 0 Å². The highest BCUT2D eigenvalue weighted by molar-refractivity contribution is 5.39. The van der Waals surface area contributed by atoms with E-state index in [4.69, 9.17) is 0 Å². The van der Waals surface area contributed by atoms with E-state index in [0.717, 1.165) is 29.1 Å². The predicted molar refractivity (Wildman–Crippen MR) is 75.0 cm³/mol. The number of aliphatic hydroxyl groups is 1. The van der Waals surface area contributed by atoms with E-state index in [1.54, 1.807) is 6.33 Å². The molecule has 2 aromatic rings. The molecule has 1 heterocycles. The lowest BCUT2D eigenvalue weighted by Crippen LogP contribution is -2.11. The molecule has 1 N–H and O–H groups in total. The van der Waals surface area contributed by atoms with Crippen LogP contribution in [0.1, 0.15) is 41.1 Å². The van der Waals surface area contributed by atoms with E-state index in [1.807, 2.05) is 25.5 Å². The third-order valence-electron chi connectivity index (χ3n) is 3.44. The minimum Gasteiger partial charge on any atom is -0.388 e. The van der Waals surface area contributed by atoms with Crippen LogP contribution in [0.25, 0.3) is 0 Å². The van der Waals surface area contributed by atoms with E-state index >= 15 is 0 Å². The summed E-state index contributed by atoms with van der Waals surface area (Å²) in [7, 11) is 0. The maximum Gasteiger partial charge on any atom is 0.138 e. The minimum absolute atomic E-state index is 0.499. The quantitative estimate of drug-likeness (QED) is 0.917. The molecule has 2 rings (SSSR count). The number of hydrogen-bond donors (Lipinski definition) is 1. The molecule has 1 atom stereocenters. The summed E-state index contributed by atoms with van der Waals surface area (Å²) >= 11 is 0. The molecule has 0 spiro atoms. The monoisotopic (exact) mass is 259 g/mol. The van der Waals surface area contributed by atoms with Crippen molar-refractivity contribution < 1.29 is 5.11 Å². The molecule has 102 valence electrons. The van der Waals surface area contributed by atoms with Gasteiger partial charge in [0.05, 0.1) is 6.10 Å². The standard InChI is InChI=1S/C15H21N3O/c1-5-18-14(16-9-17-18)8-13(19)15-11(3)6-10(2)7-12(15)4/h6-7,9,13,19H,5,8H2,1-4H3. The summed E-state index contributed by atoms with van der Waals surface area (Å²) in [5.41, 5.74) is 4.50. The second kappa shape index (κ2) is 5.53. The lowest BCUT2D eigenvalue weighted by Gasteiger charge is -2.17. The molecule has 1 aromatic carbocycles. The number of aromatic nitrogens is 3. The van der Waals surface area contributed by atoms with E-state index in [9.17, 15) is 5.11 Å².